The van der Waals surface area contributed by atoms with Crippen LogP contribution >= 0.6 is 0 Å². The van der Waals surface area contributed by atoms with Crippen LogP contribution in [-0.4, -0.2) is 41.2 Å². The van der Waals surface area contributed by atoms with E-state index in [2.05, 4.69) is 4.90 Å². The second-order valence-corrected chi connectivity index (χ2v) is 5.81. The summed E-state index contributed by atoms with van der Waals surface area (Å²) >= 11 is 0. The molecule has 0 N–H and O–H groups in total. The summed E-state index contributed by atoms with van der Waals surface area (Å²) in [5.74, 6) is -0.737. The number of halogens is 1. The Balaban J connectivity index is 1.64. The van der Waals surface area contributed by atoms with Gasteiger partial charge in [-0.2, -0.15) is 0 Å². The average molecular weight is 326 g/mol. The van der Waals surface area contributed by atoms with Gasteiger partial charge in [0.2, 0.25) is 0 Å². The van der Waals surface area contributed by atoms with E-state index in [4.69, 9.17) is 0 Å². The lowest BCUT2D eigenvalue weighted by atomic mass is 10.1. The van der Waals surface area contributed by atoms with E-state index in [0.29, 0.717) is 30.8 Å². The van der Waals surface area contributed by atoms with Gasteiger partial charge in [-0.05, 0) is 36.4 Å². The summed E-state index contributed by atoms with van der Waals surface area (Å²) in [6.45, 7) is 4.22. The van der Waals surface area contributed by atoms with E-state index >= 15 is 0 Å². The predicted molar refractivity (Wildman–Crippen MR) is 89.2 cm³/mol. The normalized spacial score (nSPS) is 13.7. The van der Waals surface area contributed by atoms with Crippen molar-refractivity contribution in [2.24, 2.45) is 0 Å². The minimum Gasteiger partial charge on any atom is -0.298 e. The van der Waals surface area contributed by atoms with E-state index in [1.165, 1.54) is 17.0 Å². The summed E-state index contributed by atoms with van der Waals surface area (Å²) in [6, 6.07) is 13.4. The molecule has 0 bridgehead atoms. The van der Waals surface area contributed by atoms with Crippen molar-refractivity contribution in [2.45, 2.75) is 13.5 Å². The first-order valence-corrected chi connectivity index (χ1v) is 8.02. The molecule has 0 saturated heterocycles. The molecule has 0 spiro atoms. The molecule has 2 aromatic rings. The van der Waals surface area contributed by atoms with Crippen molar-refractivity contribution in [3.8, 4) is 0 Å². The zero-order valence-electron chi connectivity index (χ0n) is 13.5. The lowest BCUT2D eigenvalue weighted by molar-refractivity contribution is 0.0635. The molecule has 2 amide bonds. The smallest absolute Gasteiger partial charge is 0.261 e. The van der Waals surface area contributed by atoms with E-state index < -0.39 is 0 Å². The second kappa shape index (κ2) is 6.93. The maximum Gasteiger partial charge on any atom is 0.261 e. The van der Waals surface area contributed by atoms with Crippen molar-refractivity contribution in [1.82, 2.24) is 9.80 Å². The van der Waals surface area contributed by atoms with Crippen LogP contribution in [0.5, 0.6) is 0 Å². The van der Waals surface area contributed by atoms with E-state index in [0.717, 1.165) is 12.1 Å². The summed E-state index contributed by atoms with van der Waals surface area (Å²) in [6.07, 6.45) is 0. The van der Waals surface area contributed by atoms with Crippen LogP contribution in [0.4, 0.5) is 4.39 Å². The van der Waals surface area contributed by atoms with E-state index in [9.17, 15) is 14.0 Å². The Morgan fingerprint density at radius 1 is 1.00 bits per heavy atom. The Labute approximate surface area is 140 Å². The summed E-state index contributed by atoms with van der Waals surface area (Å²) in [4.78, 5) is 28.1. The van der Waals surface area contributed by atoms with Gasteiger partial charge in [0.1, 0.15) is 5.82 Å². The van der Waals surface area contributed by atoms with E-state index in [-0.39, 0.29) is 17.6 Å². The molecule has 0 fully saturated rings. The first-order valence-electron chi connectivity index (χ1n) is 8.02. The molecule has 24 heavy (non-hydrogen) atoms. The highest BCUT2D eigenvalue weighted by atomic mass is 19.1. The Hall–Kier alpha value is -2.53. The molecule has 0 aromatic heterocycles. The molecule has 0 aliphatic carbocycles. The minimum absolute atomic E-state index is 0.239. The van der Waals surface area contributed by atoms with Gasteiger partial charge < -0.3 is 0 Å². The van der Waals surface area contributed by atoms with Crippen molar-refractivity contribution in [3.05, 3.63) is 71.0 Å². The number of likely N-dealkylation sites (N-methyl/N-ethyl adjacent to an activating group) is 1. The maximum atomic E-state index is 13.3. The SMILES string of the molecule is CCN(CCN1C(=O)c2ccccc2C1=O)Cc1cccc(F)c1. The highest BCUT2D eigenvalue weighted by Gasteiger charge is 2.34. The Morgan fingerprint density at radius 3 is 2.25 bits per heavy atom. The number of fused-ring (bicyclic) bond motifs is 1. The van der Waals surface area contributed by atoms with Crippen LogP contribution in [0.1, 0.15) is 33.2 Å². The average Bonchev–Trinajstić information content (AvgIpc) is 2.83. The van der Waals surface area contributed by atoms with Crippen LogP contribution in [0.25, 0.3) is 0 Å². The molecule has 124 valence electrons. The topological polar surface area (TPSA) is 40.6 Å². The Morgan fingerprint density at radius 2 is 1.67 bits per heavy atom. The third-order valence-electron chi connectivity index (χ3n) is 4.26. The monoisotopic (exact) mass is 326 g/mol. The molecule has 5 heteroatoms. The van der Waals surface area contributed by atoms with Crippen molar-refractivity contribution in [1.29, 1.82) is 0 Å². The number of rotatable bonds is 6. The number of carbonyl (C=O) groups excluding carboxylic acids is 2. The van der Waals surface area contributed by atoms with Crippen LogP contribution in [0.3, 0.4) is 0 Å². The number of benzene rings is 2. The van der Waals surface area contributed by atoms with Crippen molar-refractivity contribution in [3.63, 3.8) is 0 Å². The fraction of sp³-hybridized carbons (Fsp3) is 0.263. The van der Waals surface area contributed by atoms with Gasteiger partial charge >= 0.3 is 0 Å². The van der Waals surface area contributed by atoms with Crippen LogP contribution in [0, 0.1) is 5.82 Å². The van der Waals surface area contributed by atoms with Gasteiger partial charge in [-0.15, -0.1) is 0 Å². The summed E-state index contributed by atoms with van der Waals surface area (Å²) in [7, 11) is 0. The summed E-state index contributed by atoms with van der Waals surface area (Å²) in [5.41, 5.74) is 1.81. The number of hydrogen-bond donors (Lipinski definition) is 0. The van der Waals surface area contributed by atoms with Gasteiger partial charge in [-0.3, -0.25) is 19.4 Å². The second-order valence-electron chi connectivity index (χ2n) is 5.81. The molecule has 0 saturated carbocycles. The van der Waals surface area contributed by atoms with Gasteiger partial charge in [0.25, 0.3) is 11.8 Å². The van der Waals surface area contributed by atoms with Crippen LogP contribution in [0.2, 0.25) is 0 Å². The molecule has 1 aliphatic rings. The number of carbonyl (C=O) groups is 2. The fourth-order valence-electron chi connectivity index (χ4n) is 2.93. The lowest BCUT2D eigenvalue weighted by Crippen LogP contribution is -2.38. The Kier molecular flexibility index (Phi) is 4.71. The van der Waals surface area contributed by atoms with Gasteiger partial charge in [0.15, 0.2) is 0 Å². The summed E-state index contributed by atoms with van der Waals surface area (Å²) < 4.78 is 13.3. The maximum absolute atomic E-state index is 13.3. The first-order chi connectivity index (χ1) is 11.6. The zero-order chi connectivity index (χ0) is 17.1. The third kappa shape index (κ3) is 3.21. The standard InChI is InChI=1S/C19H19FN2O2/c1-2-21(13-14-6-5-7-15(20)12-14)10-11-22-18(23)16-8-3-4-9-17(16)19(22)24/h3-9,12H,2,10-11,13H2,1H3. The Bertz CT molecular complexity index is 740. The molecule has 0 atom stereocenters. The quantitative estimate of drug-likeness (QED) is 0.766. The van der Waals surface area contributed by atoms with Crippen molar-refractivity contribution >= 4 is 11.8 Å². The van der Waals surface area contributed by atoms with E-state index in [1.54, 1.807) is 30.3 Å². The molecule has 3 rings (SSSR count). The zero-order valence-corrected chi connectivity index (χ0v) is 13.5. The first kappa shape index (κ1) is 16.3. The number of nitrogens with zero attached hydrogens (tertiary/aromatic N) is 2. The number of hydrogen-bond acceptors (Lipinski definition) is 3. The molecule has 4 nitrogen and oxygen atoms in total. The minimum atomic E-state index is -0.260. The number of imide groups is 1. The highest BCUT2D eigenvalue weighted by molar-refractivity contribution is 6.21. The van der Waals surface area contributed by atoms with Gasteiger partial charge in [0, 0.05) is 19.6 Å². The van der Waals surface area contributed by atoms with Crippen LogP contribution in [-0.2, 0) is 6.54 Å². The van der Waals surface area contributed by atoms with Gasteiger partial charge in [0.05, 0.1) is 11.1 Å². The predicted octanol–water partition coefficient (Wildman–Crippen LogP) is 2.94. The fourth-order valence-corrected chi connectivity index (χ4v) is 2.93. The highest BCUT2D eigenvalue weighted by Crippen LogP contribution is 2.22. The lowest BCUT2D eigenvalue weighted by Gasteiger charge is -2.23. The molecule has 1 aliphatic heterocycles. The van der Waals surface area contributed by atoms with Crippen LogP contribution in [0.15, 0.2) is 48.5 Å². The van der Waals surface area contributed by atoms with Crippen LogP contribution < -0.4 is 0 Å². The van der Waals surface area contributed by atoms with Gasteiger partial charge in [-0.1, -0.05) is 31.2 Å². The summed E-state index contributed by atoms with van der Waals surface area (Å²) in [5, 5.41) is 0. The third-order valence-corrected chi connectivity index (χ3v) is 4.26. The van der Waals surface area contributed by atoms with Crippen molar-refractivity contribution < 1.29 is 14.0 Å². The van der Waals surface area contributed by atoms with Gasteiger partial charge in [-0.25, -0.2) is 4.39 Å². The molecular weight excluding hydrogens is 307 g/mol. The molecule has 1 heterocycles. The van der Waals surface area contributed by atoms with E-state index in [1.807, 2.05) is 13.0 Å². The number of amides is 2. The molecule has 0 unspecified atom stereocenters. The molecular formula is C19H19FN2O2. The molecule has 2 aromatic carbocycles. The molecule has 0 radical (unpaired) electrons. The van der Waals surface area contributed by atoms with Crippen molar-refractivity contribution in [2.75, 3.05) is 19.6 Å². The largest absolute Gasteiger partial charge is 0.298 e.